The van der Waals surface area contributed by atoms with Gasteiger partial charge in [0.2, 0.25) is 0 Å². The van der Waals surface area contributed by atoms with E-state index in [0.29, 0.717) is 23.4 Å². The Morgan fingerprint density at radius 2 is 1.80 bits per heavy atom. The Balaban J connectivity index is 1.69. The second kappa shape index (κ2) is 7.82. The number of aryl methyl sites for hydroxylation is 2. The highest BCUT2D eigenvalue weighted by Crippen LogP contribution is 2.43. The molecule has 0 radical (unpaired) electrons. The number of rotatable bonds is 5. The average molecular weight is 464 g/mol. The first-order valence-corrected chi connectivity index (χ1v) is 10.6. The third kappa shape index (κ3) is 3.59. The molecule has 0 spiro atoms. The van der Waals surface area contributed by atoms with Crippen LogP contribution in [0.3, 0.4) is 0 Å². The number of anilines is 1. The number of nitrogens with zero attached hydrogens (tertiary/aromatic N) is 1. The molecule has 1 N–H and O–H groups in total. The van der Waals surface area contributed by atoms with Gasteiger partial charge < -0.3 is 10.0 Å². The molecule has 3 aromatic rings. The molecule has 4 nitrogen and oxygen atoms in total. The normalized spacial score (nSPS) is 17.9. The van der Waals surface area contributed by atoms with Gasteiger partial charge in [0.25, 0.3) is 5.91 Å². The smallest absolute Gasteiger partial charge is 0.264 e. The molecule has 5 heteroatoms. The summed E-state index contributed by atoms with van der Waals surface area (Å²) in [7, 11) is 0. The van der Waals surface area contributed by atoms with Gasteiger partial charge in [0.1, 0.15) is 0 Å². The molecule has 0 aromatic heterocycles. The van der Waals surface area contributed by atoms with Crippen LogP contribution in [-0.4, -0.2) is 16.8 Å². The number of hydrogen-bond donors (Lipinski definition) is 1. The van der Waals surface area contributed by atoms with E-state index in [4.69, 9.17) is 0 Å². The number of para-hydroxylation sites is 1. The van der Waals surface area contributed by atoms with E-state index >= 15 is 0 Å². The van der Waals surface area contributed by atoms with E-state index in [1.807, 2.05) is 44.2 Å². The molecule has 30 heavy (non-hydrogen) atoms. The van der Waals surface area contributed by atoms with Gasteiger partial charge >= 0.3 is 0 Å². The predicted molar refractivity (Wildman–Crippen MR) is 121 cm³/mol. The van der Waals surface area contributed by atoms with Crippen molar-refractivity contribution in [2.24, 2.45) is 0 Å². The number of hydrogen-bond acceptors (Lipinski definition) is 3. The molecule has 1 heterocycles. The van der Waals surface area contributed by atoms with Crippen molar-refractivity contribution in [1.29, 1.82) is 0 Å². The molecule has 0 saturated heterocycles. The largest absolute Gasteiger partial charge is 0.375 e. The van der Waals surface area contributed by atoms with Crippen LogP contribution in [0.4, 0.5) is 5.69 Å². The van der Waals surface area contributed by atoms with Crippen LogP contribution in [0.2, 0.25) is 0 Å². The summed E-state index contributed by atoms with van der Waals surface area (Å²) in [5, 5.41) is 11.5. The van der Waals surface area contributed by atoms with Gasteiger partial charge in [-0.15, -0.1) is 0 Å². The first-order valence-electron chi connectivity index (χ1n) is 9.78. The van der Waals surface area contributed by atoms with Gasteiger partial charge in [-0.1, -0.05) is 70.0 Å². The van der Waals surface area contributed by atoms with Crippen LogP contribution in [0.15, 0.2) is 71.2 Å². The van der Waals surface area contributed by atoms with Crippen molar-refractivity contribution in [3.63, 3.8) is 0 Å². The monoisotopic (exact) mass is 463 g/mol. The highest BCUT2D eigenvalue weighted by atomic mass is 79.9. The van der Waals surface area contributed by atoms with E-state index in [2.05, 4.69) is 22.0 Å². The summed E-state index contributed by atoms with van der Waals surface area (Å²) in [5.41, 5.74) is 2.94. The molecule has 4 rings (SSSR count). The first-order chi connectivity index (χ1) is 14.3. The molecule has 0 unspecified atom stereocenters. The fraction of sp³-hybridized carbons (Fsp3) is 0.200. The van der Waals surface area contributed by atoms with Gasteiger partial charge in [-0.25, -0.2) is 0 Å². The van der Waals surface area contributed by atoms with Gasteiger partial charge in [-0.2, -0.15) is 0 Å². The maximum atomic E-state index is 13.4. The lowest BCUT2D eigenvalue weighted by Gasteiger charge is -2.23. The van der Waals surface area contributed by atoms with Crippen LogP contribution in [0.1, 0.15) is 39.0 Å². The lowest BCUT2D eigenvalue weighted by atomic mass is 9.88. The van der Waals surface area contributed by atoms with Gasteiger partial charge in [-0.3, -0.25) is 9.59 Å². The maximum Gasteiger partial charge on any atom is 0.264 e. The van der Waals surface area contributed by atoms with Crippen molar-refractivity contribution in [1.82, 2.24) is 0 Å². The van der Waals surface area contributed by atoms with Crippen molar-refractivity contribution >= 4 is 33.3 Å². The Morgan fingerprint density at radius 1 is 1.03 bits per heavy atom. The van der Waals surface area contributed by atoms with Crippen LogP contribution in [0, 0.1) is 13.8 Å². The molecule has 1 atom stereocenters. The molecule has 0 bridgehead atoms. The molecule has 0 saturated carbocycles. The molecule has 152 valence electrons. The van der Waals surface area contributed by atoms with Crippen molar-refractivity contribution in [2.45, 2.75) is 32.4 Å². The summed E-state index contributed by atoms with van der Waals surface area (Å²) in [6, 6.07) is 20.2. The summed E-state index contributed by atoms with van der Waals surface area (Å²) < 4.78 is 0.773. The Kier molecular flexibility index (Phi) is 5.35. The van der Waals surface area contributed by atoms with E-state index in [0.717, 1.165) is 21.2 Å². The minimum absolute atomic E-state index is 0.282. The highest BCUT2D eigenvalue weighted by molar-refractivity contribution is 9.10. The summed E-state index contributed by atoms with van der Waals surface area (Å²) in [6.45, 7) is 4.38. The van der Waals surface area contributed by atoms with Crippen molar-refractivity contribution in [3.8, 4) is 0 Å². The SMILES string of the molecule is Cc1ccc(CN2C(=O)[C@@](O)(CC(=O)c3cccc(Br)c3)c3ccccc32)c(C)c1. The fourth-order valence-corrected chi connectivity index (χ4v) is 4.42. The molecular weight excluding hydrogens is 442 g/mol. The number of halogens is 1. The summed E-state index contributed by atoms with van der Waals surface area (Å²) in [5.74, 6) is -0.748. The number of carbonyl (C=O) groups excluding carboxylic acids is 2. The second-order valence-corrected chi connectivity index (χ2v) is 8.72. The molecule has 1 aliphatic rings. The number of fused-ring (bicyclic) bond motifs is 1. The fourth-order valence-electron chi connectivity index (χ4n) is 4.02. The van der Waals surface area contributed by atoms with Crippen molar-refractivity contribution in [2.75, 3.05) is 4.90 Å². The number of benzene rings is 3. The van der Waals surface area contributed by atoms with E-state index in [-0.39, 0.29) is 12.2 Å². The van der Waals surface area contributed by atoms with Crippen molar-refractivity contribution in [3.05, 3.63) is 99.0 Å². The molecule has 0 fully saturated rings. The van der Waals surface area contributed by atoms with Gasteiger partial charge in [0, 0.05) is 15.6 Å². The van der Waals surface area contributed by atoms with Crippen LogP contribution in [0.5, 0.6) is 0 Å². The predicted octanol–water partition coefficient (Wildman–Crippen LogP) is 5.07. The summed E-state index contributed by atoms with van der Waals surface area (Å²) in [4.78, 5) is 27.9. The Bertz CT molecular complexity index is 1160. The van der Waals surface area contributed by atoms with Crippen LogP contribution in [0.25, 0.3) is 0 Å². The van der Waals surface area contributed by atoms with Crippen LogP contribution < -0.4 is 4.90 Å². The van der Waals surface area contributed by atoms with Crippen molar-refractivity contribution < 1.29 is 14.7 Å². The zero-order valence-corrected chi connectivity index (χ0v) is 18.4. The number of carbonyl (C=O) groups is 2. The minimum atomic E-state index is -1.88. The maximum absolute atomic E-state index is 13.4. The second-order valence-electron chi connectivity index (χ2n) is 7.81. The molecule has 0 aliphatic carbocycles. The van der Waals surface area contributed by atoms with Crippen LogP contribution >= 0.6 is 15.9 Å². The van der Waals surface area contributed by atoms with Gasteiger partial charge in [0.05, 0.1) is 18.7 Å². The summed E-state index contributed by atoms with van der Waals surface area (Å²) in [6.07, 6.45) is -0.303. The Hall–Kier alpha value is -2.76. The molecule has 1 amide bonds. The zero-order valence-electron chi connectivity index (χ0n) is 16.9. The average Bonchev–Trinajstić information content (AvgIpc) is 2.92. The number of ketones is 1. The lowest BCUT2D eigenvalue weighted by Crippen LogP contribution is -2.41. The number of aliphatic hydroxyl groups is 1. The van der Waals surface area contributed by atoms with Gasteiger partial charge in [-0.05, 0) is 43.2 Å². The standard InChI is InChI=1S/C25H22BrNO3/c1-16-10-11-19(17(2)12-16)15-27-22-9-4-3-8-21(22)25(30,24(27)29)14-23(28)18-6-5-7-20(26)13-18/h3-13,30H,14-15H2,1-2H3/t25-/m1/s1. The van der Waals surface area contributed by atoms with E-state index in [9.17, 15) is 14.7 Å². The third-order valence-corrected chi connectivity index (χ3v) is 6.12. The highest BCUT2D eigenvalue weighted by Gasteiger charge is 2.50. The Morgan fingerprint density at radius 3 is 2.53 bits per heavy atom. The quantitative estimate of drug-likeness (QED) is 0.537. The number of Topliss-reactive ketones (excluding diaryl/α,β-unsaturated/α-hetero) is 1. The van der Waals surface area contributed by atoms with E-state index in [1.54, 1.807) is 35.2 Å². The van der Waals surface area contributed by atoms with Gasteiger partial charge in [0.15, 0.2) is 11.4 Å². The minimum Gasteiger partial charge on any atom is -0.375 e. The molecule has 1 aliphatic heterocycles. The molecular formula is C25H22BrNO3. The van der Waals surface area contributed by atoms with E-state index < -0.39 is 11.5 Å². The summed E-state index contributed by atoms with van der Waals surface area (Å²) >= 11 is 3.36. The topological polar surface area (TPSA) is 57.6 Å². The third-order valence-electron chi connectivity index (χ3n) is 5.63. The lowest BCUT2D eigenvalue weighted by molar-refractivity contribution is -0.136. The Labute approximate surface area is 184 Å². The number of amides is 1. The zero-order chi connectivity index (χ0) is 21.5. The first kappa shape index (κ1) is 20.5. The molecule has 3 aromatic carbocycles. The van der Waals surface area contributed by atoms with E-state index in [1.165, 1.54) is 0 Å². The van der Waals surface area contributed by atoms with Crippen LogP contribution in [-0.2, 0) is 16.9 Å².